The highest BCUT2D eigenvalue weighted by Crippen LogP contribution is 2.24. The van der Waals surface area contributed by atoms with Crippen LogP contribution in [0.3, 0.4) is 0 Å². The van der Waals surface area contributed by atoms with Gasteiger partial charge >= 0.3 is 0 Å². The van der Waals surface area contributed by atoms with Crippen molar-refractivity contribution in [3.05, 3.63) is 23.8 Å². The lowest BCUT2D eigenvalue weighted by molar-refractivity contribution is -0.118. The average molecular weight is 251 g/mol. The number of anilines is 1. The van der Waals surface area contributed by atoms with Gasteiger partial charge in [-0.2, -0.15) is 0 Å². The van der Waals surface area contributed by atoms with Crippen molar-refractivity contribution in [3.8, 4) is 5.75 Å². The highest BCUT2D eigenvalue weighted by atomic mass is 16.5. The number of carbonyl (C=O) groups excluding carboxylic acids is 1. The summed E-state index contributed by atoms with van der Waals surface area (Å²) in [6.07, 6.45) is 0.860. The van der Waals surface area contributed by atoms with Crippen LogP contribution in [0, 0.1) is 6.92 Å². The van der Waals surface area contributed by atoms with Gasteiger partial charge in [-0.15, -0.1) is 0 Å². The molecule has 0 aliphatic rings. The number of benzene rings is 1. The summed E-state index contributed by atoms with van der Waals surface area (Å²) < 4.78 is 5.46. The maximum Gasteiger partial charge on any atom is 0.226 e. The first-order valence-corrected chi connectivity index (χ1v) is 6.21. The summed E-state index contributed by atoms with van der Waals surface area (Å²) in [5, 5.41) is 8.72. The number of ether oxygens (including phenoxy) is 1. The van der Waals surface area contributed by atoms with Gasteiger partial charge in [-0.3, -0.25) is 4.79 Å². The van der Waals surface area contributed by atoms with E-state index in [2.05, 4.69) is 0 Å². The second-order valence-corrected chi connectivity index (χ2v) is 4.16. The number of amides is 1. The molecular weight excluding hydrogens is 230 g/mol. The molecule has 0 fully saturated rings. The van der Waals surface area contributed by atoms with Crippen LogP contribution in [-0.2, 0) is 4.79 Å². The van der Waals surface area contributed by atoms with Crippen LogP contribution in [0.4, 0.5) is 5.69 Å². The number of hydrogen-bond acceptors (Lipinski definition) is 3. The van der Waals surface area contributed by atoms with Crippen molar-refractivity contribution < 1.29 is 14.6 Å². The molecule has 1 rings (SSSR count). The minimum absolute atomic E-state index is 0.00705. The van der Waals surface area contributed by atoms with E-state index in [0.29, 0.717) is 19.4 Å². The fourth-order valence-electron chi connectivity index (χ4n) is 1.70. The number of aryl methyl sites for hydroxylation is 1. The monoisotopic (exact) mass is 251 g/mol. The van der Waals surface area contributed by atoms with E-state index in [1.54, 1.807) is 11.9 Å². The third-order valence-electron chi connectivity index (χ3n) is 2.77. The Bertz CT molecular complexity index is 404. The fraction of sp³-hybridized carbons (Fsp3) is 0.500. The minimum atomic E-state index is 0.00705. The molecule has 0 aliphatic carbocycles. The van der Waals surface area contributed by atoms with Crippen molar-refractivity contribution in [2.24, 2.45) is 0 Å². The fourth-order valence-corrected chi connectivity index (χ4v) is 1.70. The first kappa shape index (κ1) is 14.5. The van der Waals surface area contributed by atoms with Crippen LogP contribution in [0.25, 0.3) is 0 Å². The third-order valence-corrected chi connectivity index (χ3v) is 2.77. The molecule has 0 aliphatic heterocycles. The molecule has 0 unspecified atom stereocenters. The first-order valence-electron chi connectivity index (χ1n) is 6.21. The molecule has 0 saturated carbocycles. The molecule has 1 N–H and O–H groups in total. The van der Waals surface area contributed by atoms with E-state index in [4.69, 9.17) is 9.84 Å². The SMILES string of the molecule is CCOc1ccc(N(C)C(=O)CCCO)cc1C. The number of aliphatic hydroxyl groups excluding tert-OH is 1. The molecule has 0 spiro atoms. The van der Waals surface area contributed by atoms with Gasteiger partial charge in [0.25, 0.3) is 0 Å². The Morgan fingerprint density at radius 1 is 1.44 bits per heavy atom. The van der Waals surface area contributed by atoms with E-state index < -0.39 is 0 Å². The predicted molar refractivity (Wildman–Crippen MR) is 72.1 cm³/mol. The van der Waals surface area contributed by atoms with Crippen LogP contribution in [0.5, 0.6) is 5.75 Å². The molecule has 1 aromatic carbocycles. The smallest absolute Gasteiger partial charge is 0.226 e. The molecule has 100 valence electrons. The Morgan fingerprint density at radius 3 is 2.72 bits per heavy atom. The minimum Gasteiger partial charge on any atom is -0.494 e. The summed E-state index contributed by atoms with van der Waals surface area (Å²) in [6.45, 7) is 4.58. The maximum absolute atomic E-state index is 11.8. The van der Waals surface area contributed by atoms with Gasteiger partial charge in [0, 0.05) is 25.8 Å². The van der Waals surface area contributed by atoms with Crippen molar-refractivity contribution in [2.45, 2.75) is 26.7 Å². The van der Waals surface area contributed by atoms with Crippen LogP contribution in [-0.4, -0.2) is 31.3 Å². The standard InChI is InChI=1S/C14H21NO3/c1-4-18-13-8-7-12(10-11(13)2)15(3)14(17)6-5-9-16/h7-8,10,16H,4-6,9H2,1-3H3. The van der Waals surface area contributed by atoms with E-state index >= 15 is 0 Å². The van der Waals surface area contributed by atoms with E-state index in [9.17, 15) is 4.79 Å². The lowest BCUT2D eigenvalue weighted by Crippen LogP contribution is -2.26. The summed E-state index contributed by atoms with van der Waals surface area (Å²) in [7, 11) is 1.74. The van der Waals surface area contributed by atoms with Gasteiger partial charge in [0.05, 0.1) is 6.61 Å². The van der Waals surface area contributed by atoms with E-state index in [1.807, 2.05) is 32.0 Å². The van der Waals surface area contributed by atoms with Gasteiger partial charge in [-0.05, 0) is 44.0 Å². The molecule has 0 bridgehead atoms. The normalized spacial score (nSPS) is 10.2. The zero-order valence-electron chi connectivity index (χ0n) is 11.3. The zero-order valence-corrected chi connectivity index (χ0v) is 11.3. The third kappa shape index (κ3) is 3.74. The molecule has 0 atom stereocenters. The number of rotatable bonds is 6. The number of nitrogens with zero attached hydrogens (tertiary/aromatic N) is 1. The molecule has 0 radical (unpaired) electrons. The van der Waals surface area contributed by atoms with E-state index in [0.717, 1.165) is 17.0 Å². The molecule has 4 nitrogen and oxygen atoms in total. The summed E-state index contributed by atoms with van der Waals surface area (Å²) in [5.74, 6) is 0.852. The zero-order chi connectivity index (χ0) is 13.5. The largest absolute Gasteiger partial charge is 0.494 e. The summed E-state index contributed by atoms with van der Waals surface area (Å²) in [6, 6.07) is 5.68. The Kier molecular flexibility index (Phi) is 5.65. The molecule has 1 amide bonds. The number of aliphatic hydroxyl groups is 1. The van der Waals surface area contributed by atoms with Crippen molar-refractivity contribution in [1.29, 1.82) is 0 Å². The van der Waals surface area contributed by atoms with Crippen LogP contribution in [0.1, 0.15) is 25.3 Å². The lowest BCUT2D eigenvalue weighted by Gasteiger charge is -2.18. The van der Waals surface area contributed by atoms with Crippen LogP contribution in [0.15, 0.2) is 18.2 Å². The maximum atomic E-state index is 11.8. The van der Waals surface area contributed by atoms with Crippen molar-refractivity contribution >= 4 is 11.6 Å². The van der Waals surface area contributed by atoms with Crippen LogP contribution < -0.4 is 9.64 Å². The molecule has 0 aromatic heterocycles. The molecule has 4 heteroatoms. The van der Waals surface area contributed by atoms with Crippen LogP contribution in [0.2, 0.25) is 0 Å². The van der Waals surface area contributed by atoms with Gasteiger partial charge in [0.1, 0.15) is 5.75 Å². The van der Waals surface area contributed by atoms with Crippen molar-refractivity contribution in [1.82, 2.24) is 0 Å². The van der Waals surface area contributed by atoms with Gasteiger partial charge in [-0.1, -0.05) is 0 Å². The molecule has 0 heterocycles. The molecule has 0 saturated heterocycles. The van der Waals surface area contributed by atoms with Crippen molar-refractivity contribution in [3.63, 3.8) is 0 Å². The average Bonchev–Trinajstić information content (AvgIpc) is 2.37. The summed E-state index contributed by atoms with van der Waals surface area (Å²) in [5.41, 5.74) is 1.86. The van der Waals surface area contributed by atoms with E-state index in [1.165, 1.54) is 0 Å². The Hall–Kier alpha value is -1.55. The summed E-state index contributed by atoms with van der Waals surface area (Å²) >= 11 is 0. The number of carbonyl (C=O) groups is 1. The summed E-state index contributed by atoms with van der Waals surface area (Å²) in [4.78, 5) is 13.4. The molecular formula is C14H21NO3. The second-order valence-electron chi connectivity index (χ2n) is 4.16. The Balaban J connectivity index is 2.77. The van der Waals surface area contributed by atoms with E-state index in [-0.39, 0.29) is 12.5 Å². The molecule has 1 aromatic rings. The highest BCUT2D eigenvalue weighted by molar-refractivity contribution is 5.92. The lowest BCUT2D eigenvalue weighted by atomic mass is 10.1. The van der Waals surface area contributed by atoms with Crippen molar-refractivity contribution in [2.75, 3.05) is 25.2 Å². The predicted octanol–water partition coefficient (Wildman–Crippen LogP) is 2.13. The topological polar surface area (TPSA) is 49.8 Å². The first-order chi connectivity index (χ1) is 8.60. The number of hydrogen-bond donors (Lipinski definition) is 1. The Morgan fingerprint density at radius 2 is 2.17 bits per heavy atom. The van der Waals surface area contributed by atoms with Gasteiger partial charge in [0.15, 0.2) is 0 Å². The molecule has 18 heavy (non-hydrogen) atoms. The van der Waals surface area contributed by atoms with Gasteiger partial charge in [0.2, 0.25) is 5.91 Å². The Labute approximate surface area is 108 Å². The second kappa shape index (κ2) is 7.01. The highest BCUT2D eigenvalue weighted by Gasteiger charge is 2.11. The van der Waals surface area contributed by atoms with Gasteiger partial charge < -0.3 is 14.7 Å². The quantitative estimate of drug-likeness (QED) is 0.842. The van der Waals surface area contributed by atoms with Crippen LogP contribution >= 0.6 is 0 Å². The van der Waals surface area contributed by atoms with Gasteiger partial charge in [-0.25, -0.2) is 0 Å².